The molecule has 0 aromatic heterocycles. The Morgan fingerprint density at radius 2 is 2.00 bits per heavy atom. The molecule has 1 atom stereocenters. The Kier molecular flexibility index (Phi) is 7.33. The predicted molar refractivity (Wildman–Crippen MR) is 45.6 cm³/mol. The highest BCUT2D eigenvalue weighted by Crippen LogP contribution is 1.93. The van der Waals surface area contributed by atoms with E-state index >= 15 is 0 Å². The van der Waals surface area contributed by atoms with Crippen LogP contribution in [0.5, 0.6) is 0 Å². The zero-order valence-electron chi connectivity index (χ0n) is 8.24. The lowest BCUT2D eigenvalue weighted by molar-refractivity contribution is -0.0188. The lowest BCUT2D eigenvalue weighted by Gasteiger charge is -2.12. The van der Waals surface area contributed by atoms with E-state index in [1.807, 2.05) is 0 Å². The van der Waals surface area contributed by atoms with Gasteiger partial charge in [-0.2, -0.15) is 0 Å². The van der Waals surface area contributed by atoms with Crippen LogP contribution in [0.25, 0.3) is 0 Å². The van der Waals surface area contributed by atoms with Crippen LogP contribution in [0, 0.1) is 0 Å². The van der Waals surface area contributed by atoms with Crippen LogP contribution in [0.2, 0.25) is 0 Å². The average Bonchev–Trinajstić information content (AvgIpc) is 2.14. The molecular formula is C8H16O5. The maximum Gasteiger partial charge on any atom is 0.508 e. The number of ether oxygens (including phenoxy) is 4. The largest absolute Gasteiger partial charge is 0.508 e. The minimum absolute atomic E-state index is 0.144. The fraction of sp³-hybridized carbons (Fsp3) is 0.875. The van der Waals surface area contributed by atoms with E-state index in [9.17, 15) is 4.79 Å². The second kappa shape index (κ2) is 7.82. The molecule has 0 rings (SSSR count). The first kappa shape index (κ1) is 12.2. The molecule has 1 unspecified atom stereocenters. The maximum atomic E-state index is 10.5. The van der Waals surface area contributed by atoms with Gasteiger partial charge in [-0.15, -0.1) is 0 Å². The van der Waals surface area contributed by atoms with E-state index in [0.717, 1.165) is 0 Å². The molecule has 0 aliphatic rings. The monoisotopic (exact) mass is 192 g/mol. The van der Waals surface area contributed by atoms with Gasteiger partial charge in [-0.1, -0.05) is 0 Å². The van der Waals surface area contributed by atoms with E-state index in [1.54, 1.807) is 14.0 Å². The van der Waals surface area contributed by atoms with Gasteiger partial charge in [0.2, 0.25) is 0 Å². The van der Waals surface area contributed by atoms with Crippen LogP contribution in [0.4, 0.5) is 4.79 Å². The SMILES string of the molecule is COCCOC(C)COC(=O)OC. The van der Waals surface area contributed by atoms with Gasteiger partial charge in [-0.05, 0) is 6.92 Å². The highest BCUT2D eigenvalue weighted by molar-refractivity contribution is 5.59. The first-order valence-corrected chi connectivity index (χ1v) is 4.02. The molecule has 0 heterocycles. The Balaban J connectivity index is 3.29. The highest BCUT2D eigenvalue weighted by atomic mass is 16.7. The van der Waals surface area contributed by atoms with Crippen molar-refractivity contribution in [2.45, 2.75) is 13.0 Å². The van der Waals surface area contributed by atoms with Crippen molar-refractivity contribution in [2.24, 2.45) is 0 Å². The summed E-state index contributed by atoms with van der Waals surface area (Å²) in [5.74, 6) is 0. The lowest BCUT2D eigenvalue weighted by Crippen LogP contribution is -2.20. The smallest absolute Gasteiger partial charge is 0.438 e. The summed E-state index contributed by atoms with van der Waals surface area (Å²) in [5, 5.41) is 0. The summed E-state index contributed by atoms with van der Waals surface area (Å²) < 4.78 is 18.9. The number of rotatable bonds is 6. The standard InChI is InChI=1S/C8H16O5/c1-7(12-5-4-10-2)6-13-8(9)11-3/h7H,4-6H2,1-3H3. The van der Waals surface area contributed by atoms with Gasteiger partial charge in [0, 0.05) is 7.11 Å². The fourth-order valence-electron chi connectivity index (χ4n) is 0.625. The van der Waals surface area contributed by atoms with E-state index < -0.39 is 6.16 Å². The molecule has 78 valence electrons. The molecule has 0 aliphatic carbocycles. The topological polar surface area (TPSA) is 54.0 Å². The van der Waals surface area contributed by atoms with Crippen molar-refractivity contribution < 1.29 is 23.7 Å². The molecule has 0 aromatic carbocycles. The molecule has 0 radical (unpaired) electrons. The summed E-state index contributed by atoms with van der Waals surface area (Å²) >= 11 is 0. The average molecular weight is 192 g/mol. The molecular weight excluding hydrogens is 176 g/mol. The van der Waals surface area contributed by atoms with Crippen molar-refractivity contribution >= 4 is 6.16 Å². The maximum absolute atomic E-state index is 10.5. The molecule has 5 nitrogen and oxygen atoms in total. The van der Waals surface area contributed by atoms with Crippen molar-refractivity contribution in [3.05, 3.63) is 0 Å². The van der Waals surface area contributed by atoms with Gasteiger partial charge < -0.3 is 18.9 Å². The Labute approximate surface area is 77.9 Å². The summed E-state index contributed by atoms with van der Waals surface area (Å²) in [6.07, 6.45) is -0.837. The quantitative estimate of drug-likeness (QED) is 0.460. The summed E-state index contributed by atoms with van der Waals surface area (Å²) in [5.41, 5.74) is 0. The first-order chi connectivity index (χ1) is 6.20. The van der Waals surface area contributed by atoms with Gasteiger partial charge >= 0.3 is 6.16 Å². The Hall–Kier alpha value is -0.810. The zero-order chi connectivity index (χ0) is 10.1. The Morgan fingerprint density at radius 3 is 2.54 bits per heavy atom. The minimum Gasteiger partial charge on any atom is -0.438 e. The van der Waals surface area contributed by atoms with Crippen LogP contribution >= 0.6 is 0 Å². The third-order valence-electron chi connectivity index (χ3n) is 1.29. The molecule has 0 bridgehead atoms. The van der Waals surface area contributed by atoms with E-state index in [0.29, 0.717) is 13.2 Å². The van der Waals surface area contributed by atoms with Gasteiger partial charge in [0.25, 0.3) is 0 Å². The van der Waals surface area contributed by atoms with Crippen LogP contribution in [0.15, 0.2) is 0 Å². The van der Waals surface area contributed by atoms with Crippen molar-refractivity contribution in [1.29, 1.82) is 0 Å². The molecule has 0 spiro atoms. The number of carbonyl (C=O) groups excluding carboxylic acids is 1. The van der Waals surface area contributed by atoms with Crippen molar-refractivity contribution in [2.75, 3.05) is 34.0 Å². The van der Waals surface area contributed by atoms with Gasteiger partial charge in [-0.3, -0.25) is 0 Å². The normalized spacial score (nSPS) is 12.2. The van der Waals surface area contributed by atoms with Gasteiger partial charge in [0.1, 0.15) is 6.61 Å². The van der Waals surface area contributed by atoms with E-state index in [2.05, 4.69) is 9.47 Å². The van der Waals surface area contributed by atoms with Crippen LogP contribution in [-0.4, -0.2) is 46.3 Å². The van der Waals surface area contributed by atoms with Gasteiger partial charge in [0.05, 0.1) is 26.4 Å². The molecule has 5 heteroatoms. The summed E-state index contributed by atoms with van der Waals surface area (Å²) in [6.45, 7) is 3.01. The molecule has 0 fully saturated rings. The van der Waals surface area contributed by atoms with Gasteiger partial charge in [0.15, 0.2) is 0 Å². The Bertz CT molecular complexity index is 136. The number of carbonyl (C=O) groups is 1. The molecule has 0 saturated carbocycles. The molecule has 0 amide bonds. The number of hydrogen-bond acceptors (Lipinski definition) is 5. The fourth-order valence-corrected chi connectivity index (χ4v) is 0.625. The van der Waals surface area contributed by atoms with Gasteiger partial charge in [-0.25, -0.2) is 4.79 Å². The van der Waals surface area contributed by atoms with E-state index in [-0.39, 0.29) is 12.7 Å². The number of hydrogen-bond donors (Lipinski definition) is 0. The molecule has 0 N–H and O–H groups in total. The third kappa shape index (κ3) is 7.55. The second-order valence-electron chi connectivity index (χ2n) is 2.44. The molecule has 0 aromatic rings. The summed E-state index contributed by atoms with van der Waals surface area (Å²) in [7, 11) is 2.86. The summed E-state index contributed by atoms with van der Waals surface area (Å²) in [4.78, 5) is 10.5. The van der Waals surface area contributed by atoms with E-state index in [4.69, 9.17) is 9.47 Å². The van der Waals surface area contributed by atoms with Crippen molar-refractivity contribution in [1.82, 2.24) is 0 Å². The second-order valence-corrected chi connectivity index (χ2v) is 2.44. The van der Waals surface area contributed by atoms with Crippen LogP contribution < -0.4 is 0 Å². The third-order valence-corrected chi connectivity index (χ3v) is 1.29. The van der Waals surface area contributed by atoms with Crippen LogP contribution in [0.1, 0.15) is 6.92 Å². The molecule has 0 saturated heterocycles. The first-order valence-electron chi connectivity index (χ1n) is 4.02. The lowest BCUT2D eigenvalue weighted by atomic mass is 10.4. The van der Waals surface area contributed by atoms with Crippen molar-refractivity contribution in [3.63, 3.8) is 0 Å². The number of methoxy groups -OCH3 is 2. The predicted octanol–water partition coefficient (Wildman–Crippen LogP) is 0.821. The van der Waals surface area contributed by atoms with Crippen molar-refractivity contribution in [3.8, 4) is 0 Å². The van der Waals surface area contributed by atoms with Crippen LogP contribution in [0.3, 0.4) is 0 Å². The highest BCUT2D eigenvalue weighted by Gasteiger charge is 2.06. The molecule has 13 heavy (non-hydrogen) atoms. The van der Waals surface area contributed by atoms with E-state index in [1.165, 1.54) is 7.11 Å². The van der Waals surface area contributed by atoms with Crippen LogP contribution in [-0.2, 0) is 18.9 Å². The zero-order valence-corrected chi connectivity index (χ0v) is 8.24. The Morgan fingerprint density at radius 1 is 1.31 bits per heavy atom. The molecule has 0 aliphatic heterocycles. The minimum atomic E-state index is -0.692. The summed E-state index contributed by atoms with van der Waals surface area (Å²) in [6, 6.07) is 0.